The maximum atomic E-state index is 13.9. The summed E-state index contributed by atoms with van der Waals surface area (Å²) in [5.41, 5.74) is -0.127. The molecule has 0 amide bonds. The van der Waals surface area contributed by atoms with Gasteiger partial charge in [0, 0.05) is 24.2 Å². The third-order valence-corrected chi connectivity index (χ3v) is 11.5. The number of carbonyl (C=O) groups excluding carboxylic acids is 3. The number of alkyl halides is 2. The molecule has 0 radical (unpaired) electrons. The Hall–Kier alpha value is -1.62. The molecule has 35 heavy (non-hydrogen) atoms. The van der Waals surface area contributed by atoms with E-state index in [9.17, 15) is 31.6 Å². The molecular weight excluding hydrogens is 486 g/mol. The Labute approximate surface area is 202 Å². The van der Waals surface area contributed by atoms with Gasteiger partial charge in [0.05, 0.1) is 5.92 Å². The number of hydrogen-bond donors (Lipinski definition) is 1. The molecule has 0 spiro atoms. The van der Waals surface area contributed by atoms with E-state index in [1.165, 1.54) is 6.42 Å². The SMILES string of the molecule is CCC1(CC(=O)C2C3CC4C(OC(=O)C42)C3OC(=O)C(F)(F)S(=O)(=O)O)C2CC3CC(C2)CC1C3. The third kappa shape index (κ3) is 3.15. The maximum absolute atomic E-state index is 13.9. The number of hydrogen-bond acceptors (Lipinski definition) is 7. The van der Waals surface area contributed by atoms with Crippen LogP contribution in [0.2, 0.25) is 0 Å². The van der Waals surface area contributed by atoms with Crippen LogP contribution in [-0.4, -0.2) is 48.2 Å². The lowest BCUT2D eigenvalue weighted by Gasteiger charge is -2.61. The molecule has 194 valence electrons. The van der Waals surface area contributed by atoms with Gasteiger partial charge in [0.25, 0.3) is 0 Å². The van der Waals surface area contributed by atoms with Gasteiger partial charge in [-0.2, -0.15) is 17.2 Å². The Bertz CT molecular complexity index is 1060. The Morgan fingerprint density at radius 1 is 1.09 bits per heavy atom. The molecule has 1 saturated heterocycles. The zero-order valence-corrected chi connectivity index (χ0v) is 20.2. The predicted octanol–water partition coefficient (Wildman–Crippen LogP) is 3.00. The molecule has 7 rings (SSSR count). The first kappa shape index (κ1) is 23.8. The molecule has 6 atom stereocenters. The molecular formula is C24H30F2O8S. The lowest BCUT2D eigenvalue weighted by Crippen LogP contribution is -2.54. The highest BCUT2D eigenvalue weighted by Crippen LogP contribution is 2.66. The van der Waals surface area contributed by atoms with E-state index in [1.54, 1.807) is 0 Å². The topological polar surface area (TPSA) is 124 Å². The molecule has 6 saturated carbocycles. The third-order valence-electron chi connectivity index (χ3n) is 10.6. The van der Waals surface area contributed by atoms with Crippen LogP contribution in [0.4, 0.5) is 8.78 Å². The number of fused-ring (bicyclic) bond motifs is 1. The minimum Gasteiger partial charge on any atom is -0.458 e. The van der Waals surface area contributed by atoms with Gasteiger partial charge in [-0.15, -0.1) is 0 Å². The minimum absolute atomic E-state index is 0.100. The minimum atomic E-state index is -6.03. The van der Waals surface area contributed by atoms with Gasteiger partial charge in [-0.25, -0.2) is 4.79 Å². The van der Waals surface area contributed by atoms with Crippen LogP contribution in [0.1, 0.15) is 58.3 Å². The second-order valence-corrected chi connectivity index (χ2v) is 13.4. The monoisotopic (exact) mass is 516 g/mol. The molecule has 7 aliphatic rings. The van der Waals surface area contributed by atoms with Crippen molar-refractivity contribution in [1.82, 2.24) is 0 Å². The van der Waals surface area contributed by atoms with E-state index in [0.29, 0.717) is 24.7 Å². The van der Waals surface area contributed by atoms with E-state index in [1.807, 2.05) is 0 Å². The second-order valence-electron chi connectivity index (χ2n) is 11.9. The van der Waals surface area contributed by atoms with Crippen molar-refractivity contribution in [3.63, 3.8) is 0 Å². The summed E-state index contributed by atoms with van der Waals surface area (Å²) < 4.78 is 68.7. The Balaban J connectivity index is 1.26. The van der Waals surface area contributed by atoms with Crippen molar-refractivity contribution in [2.45, 2.75) is 75.8 Å². The van der Waals surface area contributed by atoms with E-state index in [0.717, 1.165) is 43.9 Å². The molecule has 6 bridgehead atoms. The summed E-state index contributed by atoms with van der Waals surface area (Å²) in [5, 5.41) is -5.15. The highest BCUT2D eigenvalue weighted by Gasteiger charge is 2.71. The van der Waals surface area contributed by atoms with Crippen molar-refractivity contribution in [2.75, 3.05) is 0 Å². The molecule has 7 fully saturated rings. The van der Waals surface area contributed by atoms with E-state index in [-0.39, 0.29) is 11.2 Å². The quantitative estimate of drug-likeness (QED) is 0.405. The van der Waals surface area contributed by atoms with Crippen LogP contribution in [0.25, 0.3) is 0 Å². The van der Waals surface area contributed by atoms with E-state index >= 15 is 0 Å². The van der Waals surface area contributed by atoms with E-state index in [2.05, 4.69) is 6.92 Å². The fourth-order valence-electron chi connectivity index (χ4n) is 9.44. The fraction of sp³-hybridized carbons (Fsp3) is 0.875. The van der Waals surface area contributed by atoms with Crippen LogP contribution in [0.3, 0.4) is 0 Å². The number of carbonyl (C=O) groups is 3. The predicted molar refractivity (Wildman–Crippen MR) is 114 cm³/mol. The van der Waals surface area contributed by atoms with Gasteiger partial charge in [0.1, 0.15) is 18.0 Å². The second kappa shape index (κ2) is 7.46. The Morgan fingerprint density at radius 3 is 2.23 bits per heavy atom. The van der Waals surface area contributed by atoms with Crippen molar-refractivity contribution >= 4 is 27.8 Å². The van der Waals surface area contributed by atoms with Gasteiger partial charge < -0.3 is 9.47 Å². The average molecular weight is 517 g/mol. The van der Waals surface area contributed by atoms with Gasteiger partial charge in [0.15, 0.2) is 0 Å². The zero-order chi connectivity index (χ0) is 25.1. The highest BCUT2D eigenvalue weighted by atomic mass is 32.2. The summed E-state index contributed by atoms with van der Waals surface area (Å²) in [5.74, 6) is -3.32. The number of Topliss-reactive ketones (excluding diaryl/α,β-unsaturated/α-hetero) is 1. The first-order valence-corrected chi connectivity index (χ1v) is 14.1. The molecule has 6 aliphatic carbocycles. The standard InChI is InChI=1S/C24H30F2O8S/c1-2-23(12-4-10-3-11(6-12)7-13(23)5-10)9-16(27)17-14-8-15-18(17)21(28)33-19(15)20(14)34-22(29)24(25,26)35(30,31)32/h10-15,17-20H,2-9H2,1H3,(H,30,31,32). The Kier molecular flexibility index (Phi) is 5.06. The van der Waals surface area contributed by atoms with E-state index in [4.69, 9.17) is 14.0 Å². The smallest absolute Gasteiger partial charge is 0.458 e. The van der Waals surface area contributed by atoms with Crippen LogP contribution in [0, 0.1) is 52.8 Å². The summed E-state index contributed by atoms with van der Waals surface area (Å²) >= 11 is 0. The largest absolute Gasteiger partial charge is 0.465 e. The van der Waals surface area contributed by atoms with Crippen molar-refractivity contribution < 1.29 is 45.6 Å². The summed E-state index contributed by atoms with van der Waals surface area (Å²) in [6.07, 6.45) is 4.97. The number of halogens is 2. The molecule has 1 heterocycles. The molecule has 1 N–H and O–H groups in total. The molecule has 0 aromatic heterocycles. The zero-order valence-electron chi connectivity index (χ0n) is 19.4. The van der Waals surface area contributed by atoms with Gasteiger partial charge in [0.2, 0.25) is 0 Å². The van der Waals surface area contributed by atoms with Crippen molar-refractivity contribution in [3.05, 3.63) is 0 Å². The van der Waals surface area contributed by atoms with Crippen molar-refractivity contribution in [2.24, 2.45) is 52.8 Å². The average Bonchev–Trinajstić information content (AvgIpc) is 3.38. The van der Waals surface area contributed by atoms with Crippen LogP contribution in [0.5, 0.6) is 0 Å². The summed E-state index contributed by atoms with van der Waals surface area (Å²) in [7, 11) is -6.03. The summed E-state index contributed by atoms with van der Waals surface area (Å²) in [6, 6.07) is 0. The molecule has 8 nitrogen and oxygen atoms in total. The van der Waals surface area contributed by atoms with Crippen LogP contribution in [0.15, 0.2) is 0 Å². The van der Waals surface area contributed by atoms with Crippen LogP contribution in [-0.2, 0) is 34.0 Å². The highest BCUT2D eigenvalue weighted by molar-refractivity contribution is 7.87. The first-order valence-electron chi connectivity index (χ1n) is 12.7. The number of rotatable bonds is 7. The number of esters is 2. The van der Waals surface area contributed by atoms with Crippen LogP contribution >= 0.6 is 0 Å². The Morgan fingerprint density at radius 2 is 1.69 bits per heavy atom. The molecule has 1 aliphatic heterocycles. The van der Waals surface area contributed by atoms with Gasteiger partial charge in [-0.3, -0.25) is 14.1 Å². The van der Waals surface area contributed by atoms with Gasteiger partial charge >= 0.3 is 27.3 Å². The van der Waals surface area contributed by atoms with Crippen molar-refractivity contribution in [1.29, 1.82) is 0 Å². The molecule has 11 heteroatoms. The summed E-state index contributed by atoms with van der Waals surface area (Å²) in [6.45, 7) is 2.12. The molecule has 6 unspecified atom stereocenters. The van der Waals surface area contributed by atoms with Crippen LogP contribution < -0.4 is 0 Å². The first-order chi connectivity index (χ1) is 16.4. The maximum Gasteiger partial charge on any atom is 0.465 e. The fourth-order valence-corrected chi connectivity index (χ4v) is 9.70. The number of ketones is 1. The normalized spacial score (nSPS) is 47.3. The lowest BCUT2D eigenvalue weighted by molar-refractivity contribution is -0.178. The van der Waals surface area contributed by atoms with Crippen molar-refractivity contribution in [3.8, 4) is 0 Å². The van der Waals surface area contributed by atoms with Gasteiger partial charge in [-0.05, 0) is 74.0 Å². The molecule has 0 aromatic carbocycles. The molecule has 0 aromatic rings. The summed E-state index contributed by atoms with van der Waals surface area (Å²) in [4.78, 5) is 38.6. The lowest BCUT2D eigenvalue weighted by atomic mass is 9.43. The van der Waals surface area contributed by atoms with Gasteiger partial charge in [-0.1, -0.05) is 6.92 Å². The number of ether oxygens (including phenoxy) is 2. The van der Waals surface area contributed by atoms with E-state index < -0.39 is 63.2 Å².